The Balaban J connectivity index is 2.53. The van der Waals surface area contributed by atoms with Crippen molar-refractivity contribution in [1.29, 1.82) is 5.26 Å². The molecule has 4 nitrogen and oxygen atoms in total. The zero-order valence-electron chi connectivity index (χ0n) is 10.3. The first-order chi connectivity index (χ1) is 9.17. The summed E-state index contributed by atoms with van der Waals surface area (Å²) in [5.74, 6) is 0. The van der Waals surface area contributed by atoms with E-state index < -0.39 is 0 Å². The highest BCUT2D eigenvalue weighted by Crippen LogP contribution is 2.29. The number of nitrogens with zero attached hydrogens (tertiary/aromatic N) is 2. The maximum Gasteiger partial charge on any atom is 0.190 e. The van der Waals surface area contributed by atoms with Crippen LogP contribution in [0.15, 0.2) is 36.7 Å². The van der Waals surface area contributed by atoms with Crippen LogP contribution in [0, 0.1) is 11.3 Å². The maximum atomic E-state index is 9.09. The molecule has 94 valence electrons. The minimum absolute atomic E-state index is 0.380. The summed E-state index contributed by atoms with van der Waals surface area (Å²) in [7, 11) is 1.52. The normalized spacial score (nSPS) is 9.68. The number of ether oxygens (including phenoxy) is 1. The molecule has 2 rings (SSSR count). The van der Waals surface area contributed by atoms with E-state index in [4.69, 9.17) is 28.0 Å². The van der Waals surface area contributed by atoms with Crippen molar-refractivity contribution in [2.45, 2.75) is 0 Å². The van der Waals surface area contributed by atoms with Gasteiger partial charge in [-0.1, -0.05) is 6.07 Å². The number of nitrogens with two attached hydrogens (primary N) is 1. The Morgan fingerprint density at radius 1 is 1.37 bits per heavy atom. The molecule has 0 unspecified atom stereocenters. The number of hydrogen-bond donors (Lipinski definition) is 1. The molecule has 19 heavy (non-hydrogen) atoms. The first-order valence-corrected chi connectivity index (χ1v) is 5.90. The van der Waals surface area contributed by atoms with E-state index in [1.807, 2.05) is 12.1 Å². The van der Waals surface area contributed by atoms with E-state index in [1.54, 1.807) is 24.5 Å². The van der Waals surface area contributed by atoms with Crippen molar-refractivity contribution >= 4 is 23.0 Å². The Labute approximate surface area is 116 Å². The van der Waals surface area contributed by atoms with Crippen LogP contribution < -0.4 is 5.73 Å². The second kappa shape index (κ2) is 5.46. The van der Waals surface area contributed by atoms with Crippen molar-refractivity contribution in [3.8, 4) is 17.2 Å². The summed E-state index contributed by atoms with van der Waals surface area (Å²) < 4.78 is 4.99. The van der Waals surface area contributed by atoms with Gasteiger partial charge in [-0.2, -0.15) is 5.26 Å². The summed E-state index contributed by atoms with van der Waals surface area (Å²) in [4.78, 5) is 4.03. The molecule has 0 aliphatic heterocycles. The highest BCUT2D eigenvalue weighted by Gasteiger charge is 2.10. The first kappa shape index (κ1) is 13.0. The molecule has 1 heterocycles. The van der Waals surface area contributed by atoms with E-state index in [9.17, 15) is 0 Å². The molecule has 0 aliphatic carbocycles. The van der Waals surface area contributed by atoms with Crippen LogP contribution in [0.2, 0.25) is 0 Å². The Hall–Kier alpha value is -2.45. The van der Waals surface area contributed by atoms with Crippen LogP contribution in [0.5, 0.6) is 0 Å². The number of aromatic nitrogens is 1. The predicted molar refractivity (Wildman–Crippen MR) is 77.5 cm³/mol. The zero-order valence-corrected chi connectivity index (χ0v) is 11.1. The summed E-state index contributed by atoms with van der Waals surface area (Å²) in [6.45, 7) is 0. The average molecular weight is 269 g/mol. The first-order valence-electron chi connectivity index (χ1n) is 5.49. The van der Waals surface area contributed by atoms with Gasteiger partial charge in [0.2, 0.25) is 0 Å². The van der Waals surface area contributed by atoms with Crippen LogP contribution in [0.1, 0.15) is 11.1 Å². The summed E-state index contributed by atoms with van der Waals surface area (Å²) in [6, 6.07) is 9.14. The second-order valence-electron chi connectivity index (χ2n) is 3.83. The van der Waals surface area contributed by atoms with Gasteiger partial charge in [0.25, 0.3) is 0 Å². The molecule has 5 heteroatoms. The Morgan fingerprint density at radius 3 is 2.79 bits per heavy atom. The fourth-order valence-corrected chi connectivity index (χ4v) is 1.89. The van der Waals surface area contributed by atoms with Gasteiger partial charge in [-0.15, -0.1) is 0 Å². The number of methoxy groups -OCH3 is 1. The molecule has 0 fully saturated rings. The SMILES string of the molecule is COC(=S)c1ccc(-c2cnccc2C#N)c(N)c1. The van der Waals surface area contributed by atoms with Gasteiger partial charge < -0.3 is 10.5 Å². The van der Waals surface area contributed by atoms with Crippen molar-refractivity contribution in [3.05, 3.63) is 47.8 Å². The topological polar surface area (TPSA) is 71.9 Å². The Kier molecular flexibility index (Phi) is 3.74. The smallest absolute Gasteiger partial charge is 0.190 e. The molecule has 0 bridgehead atoms. The van der Waals surface area contributed by atoms with Crippen LogP contribution in [-0.4, -0.2) is 17.1 Å². The zero-order chi connectivity index (χ0) is 13.8. The number of nitriles is 1. The van der Waals surface area contributed by atoms with Gasteiger partial charge >= 0.3 is 0 Å². The van der Waals surface area contributed by atoms with Crippen molar-refractivity contribution < 1.29 is 4.74 Å². The molecule has 0 saturated heterocycles. The number of benzene rings is 1. The van der Waals surface area contributed by atoms with Gasteiger partial charge in [0, 0.05) is 34.8 Å². The molecule has 0 radical (unpaired) electrons. The van der Waals surface area contributed by atoms with Gasteiger partial charge in [-0.05, 0) is 30.4 Å². The third-order valence-corrected chi connectivity index (χ3v) is 3.11. The van der Waals surface area contributed by atoms with Crippen LogP contribution in [0.4, 0.5) is 5.69 Å². The minimum atomic E-state index is 0.380. The summed E-state index contributed by atoms with van der Waals surface area (Å²) in [5, 5.41) is 9.47. The maximum absolute atomic E-state index is 9.09. The lowest BCUT2D eigenvalue weighted by molar-refractivity contribution is 0.416. The molecule has 0 spiro atoms. The number of hydrogen-bond acceptors (Lipinski definition) is 5. The van der Waals surface area contributed by atoms with Gasteiger partial charge in [-0.25, -0.2) is 0 Å². The molecular weight excluding hydrogens is 258 g/mol. The summed E-state index contributed by atoms with van der Waals surface area (Å²) in [5.41, 5.74) is 9.28. The van der Waals surface area contributed by atoms with E-state index in [0.29, 0.717) is 21.9 Å². The molecule has 0 aliphatic rings. The summed E-state index contributed by atoms with van der Waals surface area (Å²) >= 11 is 5.05. The average Bonchev–Trinajstić information content (AvgIpc) is 2.46. The van der Waals surface area contributed by atoms with Crippen molar-refractivity contribution in [3.63, 3.8) is 0 Å². The fraction of sp³-hybridized carbons (Fsp3) is 0.0714. The number of thiocarbonyl (C=S) groups is 1. The molecule has 2 aromatic rings. The number of nitrogen functional groups attached to an aromatic ring is 1. The quantitative estimate of drug-likeness (QED) is 0.670. The predicted octanol–water partition coefficient (Wildman–Crippen LogP) is 2.52. The Morgan fingerprint density at radius 2 is 2.16 bits per heavy atom. The second-order valence-corrected chi connectivity index (χ2v) is 4.20. The lowest BCUT2D eigenvalue weighted by Crippen LogP contribution is -2.02. The van der Waals surface area contributed by atoms with Gasteiger partial charge in [0.15, 0.2) is 5.05 Å². The van der Waals surface area contributed by atoms with Crippen molar-refractivity contribution in [1.82, 2.24) is 4.98 Å². The molecule has 0 saturated carbocycles. The summed E-state index contributed by atoms with van der Waals surface area (Å²) in [6.07, 6.45) is 3.20. The lowest BCUT2D eigenvalue weighted by Gasteiger charge is -2.09. The molecular formula is C14H11N3OS. The van der Waals surface area contributed by atoms with E-state index in [2.05, 4.69) is 11.1 Å². The number of rotatable bonds is 2. The number of anilines is 1. The molecule has 0 atom stereocenters. The van der Waals surface area contributed by atoms with E-state index in [-0.39, 0.29) is 0 Å². The monoisotopic (exact) mass is 269 g/mol. The largest absolute Gasteiger partial charge is 0.486 e. The molecule has 2 N–H and O–H groups in total. The molecule has 1 aromatic heterocycles. The van der Waals surface area contributed by atoms with Crippen molar-refractivity contribution in [2.24, 2.45) is 0 Å². The van der Waals surface area contributed by atoms with Crippen LogP contribution in [-0.2, 0) is 4.74 Å². The van der Waals surface area contributed by atoms with E-state index in [0.717, 1.165) is 11.1 Å². The number of pyridine rings is 1. The van der Waals surface area contributed by atoms with Gasteiger partial charge in [0.05, 0.1) is 18.7 Å². The van der Waals surface area contributed by atoms with Crippen LogP contribution in [0.3, 0.4) is 0 Å². The molecule has 0 amide bonds. The van der Waals surface area contributed by atoms with Gasteiger partial charge in [-0.3, -0.25) is 4.98 Å². The highest BCUT2D eigenvalue weighted by molar-refractivity contribution is 7.80. The fourth-order valence-electron chi connectivity index (χ4n) is 1.76. The van der Waals surface area contributed by atoms with Crippen LogP contribution in [0.25, 0.3) is 11.1 Å². The highest BCUT2D eigenvalue weighted by atomic mass is 32.1. The molecule has 1 aromatic carbocycles. The third kappa shape index (κ3) is 2.54. The van der Waals surface area contributed by atoms with Gasteiger partial charge in [0.1, 0.15) is 0 Å². The van der Waals surface area contributed by atoms with Crippen LogP contribution >= 0.6 is 12.2 Å². The third-order valence-electron chi connectivity index (χ3n) is 2.70. The van der Waals surface area contributed by atoms with Crippen molar-refractivity contribution in [2.75, 3.05) is 12.8 Å². The minimum Gasteiger partial charge on any atom is -0.486 e. The lowest BCUT2D eigenvalue weighted by atomic mass is 9.99. The van der Waals surface area contributed by atoms with E-state index >= 15 is 0 Å². The standard InChI is InChI=1S/C14H11N3OS/c1-18-14(19)9-2-3-11(13(16)6-9)12-8-17-5-4-10(12)7-15/h2-6,8H,16H2,1H3. The Bertz CT molecular complexity index is 677. The van der Waals surface area contributed by atoms with E-state index in [1.165, 1.54) is 7.11 Å².